The summed E-state index contributed by atoms with van der Waals surface area (Å²) in [5, 5.41) is 0.449. The molecule has 0 aliphatic heterocycles. The fourth-order valence-electron chi connectivity index (χ4n) is 3.35. The lowest BCUT2D eigenvalue weighted by Gasteiger charge is -2.35. The number of halogens is 1. The molecule has 0 saturated carbocycles. The van der Waals surface area contributed by atoms with E-state index in [0.29, 0.717) is 29.1 Å². The van der Waals surface area contributed by atoms with Crippen LogP contribution in [0.5, 0.6) is 17.2 Å². The van der Waals surface area contributed by atoms with Gasteiger partial charge >= 0.3 is 0 Å². The monoisotopic (exact) mass is 422 g/mol. The van der Waals surface area contributed by atoms with Crippen LogP contribution in [-0.2, 0) is 9.89 Å². The van der Waals surface area contributed by atoms with Crippen LogP contribution in [0.1, 0.15) is 42.6 Å². The maximum atomic E-state index is 13.6. The number of carbonyl (C=O) groups excluding carboxylic acids is 1. The summed E-state index contributed by atoms with van der Waals surface area (Å²) in [6.07, 6.45) is 2.25. The topological polar surface area (TPSA) is 54.0 Å². The Balaban J connectivity index is 2.68. The Morgan fingerprint density at radius 2 is 1.79 bits per heavy atom. The predicted molar refractivity (Wildman–Crippen MR) is 114 cm³/mol. The zero-order valence-corrected chi connectivity index (χ0v) is 18.5. The highest BCUT2D eigenvalue weighted by atomic mass is 31.1. The molecule has 0 spiro atoms. The Morgan fingerprint density at radius 3 is 2.34 bits per heavy atom. The molecule has 2 aromatic rings. The van der Waals surface area contributed by atoms with Crippen LogP contribution in [0.2, 0.25) is 0 Å². The molecule has 158 valence electrons. The second-order valence-electron chi connectivity index (χ2n) is 6.52. The summed E-state index contributed by atoms with van der Waals surface area (Å²) in [7, 11) is 4.94. The highest BCUT2D eigenvalue weighted by Gasteiger charge is 2.35. The third-order valence-corrected chi connectivity index (χ3v) is 7.22. The third-order valence-electron chi connectivity index (χ3n) is 5.04. The molecule has 0 heterocycles. The van der Waals surface area contributed by atoms with Crippen molar-refractivity contribution in [3.05, 3.63) is 47.3 Å². The van der Waals surface area contributed by atoms with Gasteiger partial charge in [-0.15, -0.1) is 0 Å². The number of benzene rings is 2. The third kappa shape index (κ3) is 5.06. The molecule has 0 aliphatic carbocycles. The van der Waals surface area contributed by atoms with Crippen molar-refractivity contribution in [2.75, 3.05) is 28.1 Å². The van der Waals surface area contributed by atoms with E-state index in [2.05, 4.69) is 13.8 Å². The molecule has 1 atom stereocenters. The van der Waals surface area contributed by atoms with Crippen molar-refractivity contribution < 1.29 is 28.1 Å². The predicted octanol–water partition coefficient (Wildman–Crippen LogP) is 4.66. The van der Waals surface area contributed by atoms with Crippen LogP contribution in [0, 0.1) is 5.82 Å². The van der Waals surface area contributed by atoms with E-state index in [9.17, 15) is 9.18 Å². The second-order valence-corrected chi connectivity index (χ2v) is 8.27. The normalized spacial score (nSPS) is 11.7. The van der Waals surface area contributed by atoms with Crippen LogP contribution in [0.3, 0.4) is 0 Å². The molecule has 0 N–H and O–H groups in total. The first kappa shape index (κ1) is 23.1. The summed E-state index contributed by atoms with van der Waals surface area (Å²) < 4.78 is 35.7. The van der Waals surface area contributed by atoms with Gasteiger partial charge < -0.3 is 18.9 Å². The Kier molecular flexibility index (Phi) is 8.42. The van der Waals surface area contributed by atoms with Crippen molar-refractivity contribution in [2.24, 2.45) is 0 Å². The highest BCUT2D eigenvalue weighted by Crippen LogP contribution is 2.53. The molecule has 0 aliphatic rings. The van der Waals surface area contributed by atoms with Gasteiger partial charge in [-0.2, -0.15) is 0 Å². The van der Waals surface area contributed by atoms with Gasteiger partial charge in [-0.05, 0) is 36.3 Å². The first-order valence-electron chi connectivity index (χ1n) is 9.39. The van der Waals surface area contributed by atoms with E-state index in [4.69, 9.17) is 18.9 Å². The number of hydrogen-bond acceptors (Lipinski definition) is 5. The smallest absolute Gasteiger partial charge is 0.188 e. The molecule has 7 heteroatoms. The standard InChI is InChI=1S/C22H28FO5P/c1-6-22(7-2,29-20-9-8-16(23)10-15(20)13-24)18-11-17(26-4)12-19(27-5)21(18)28-14-25-3/h8-13,29H,6-7,14H2,1-5H3. The lowest BCUT2D eigenvalue weighted by Crippen LogP contribution is -2.24. The van der Waals surface area contributed by atoms with Gasteiger partial charge in [-0.3, -0.25) is 4.79 Å². The van der Waals surface area contributed by atoms with Crippen molar-refractivity contribution in [3.63, 3.8) is 0 Å². The molecule has 29 heavy (non-hydrogen) atoms. The zero-order valence-electron chi connectivity index (χ0n) is 17.5. The minimum atomic E-state index is -0.425. The Morgan fingerprint density at radius 1 is 1.07 bits per heavy atom. The number of hydrogen-bond donors (Lipinski definition) is 0. The molecule has 2 aromatic carbocycles. The average molecular weight is 422 g/mol. The molecule has 0 radical (unpaired) electrons. The number of methoxy groups -OCH3 is 3. The van der Waals surface area contributed by atoms with Crippen molar-refractivity contribution in [1.29, 1.82) is 0 Å². The maximum absolute atomic E-state index is 13.6. The van der Waals surface area contributed by atoms with Crippen LogP contribution in [0.25, 0.3) is 0 Å². The first-order chi connectivity index (χ1) is 14.0. The van der Waals surface area contributed by atoms with Gasteiger partial charge in [0.2, 0.25) is 0 Å². The highest BCUT2D eigenvalue weighted by molar-refractivity contribution is 7.48. The number of aldehydes is 1. The Hall–Kier alpha value is -2.17. The SMILES string of the molecule is CCC(CC)(Pc1ccc(F)cc1C=O)c1cc(OC)cc(OC)c1OCOC. The largest absolute Gasteiger partial charge is 0.497 e. The molecule has 0 saturated heterocycles. The molecular weight excluding hydrogens is 394 g/mol. The van der Waals surface area contributed by atoms with Crippen molar-refractivity contribution in [2.45, 2.75) is 31.8 Å². The van der Waals surface area contributed by atoms with E-state index in [0.717, 1.165) is 23.7 Å². The van der Waals surface area contributed by atoms with E-state index >= 15 is 0 Å². The van der Waals surface area contributed by atoms with Crippen molar-refractivity contribution in [1.82, 2.24) is 0 Å². The lowest BCUT2D eigenvalue weighted by atomic mass is 9.91. The summed E-state index contributed by atoms with van der Waals surface area (Å²) in [6, 6.07) is 8.06. The number of ether oxygens (including phenoxy) is 4. The minimum absolute atomic E-state index is 0.0679. The Labute approximate surface area is 173 Å². The molecule has 0 amide bonds. The summed E-state index contributed by atoms with van der Waals surface area (Å²) in [4.78, 5) is 11.5. The van der Waals surface area contributed by atoms with Crippen LogP contribution >= 0.6 is 8.58 Å². The summed E-state index contributed by atoms with van der Waals surface area (Å²) in [5.74, 6) is 1.35. The van der Waals surface area contributed by atoms with Gasteiger partial charge in [0.05, 0.1) is 14.2 Å². The lowest BCUT2D eigenvalue weighted by molar-refractivity contribution is 0.0478. The average Bonchev–Trinajstić information content (AvgIpc) is 2.76. The van der Waals surface area contributed by atoms with Gasteiger partial charge in [-0.25, -0.2) is 4.39 Å². The molecule has 0 aromatic heterocycles. The van der Waals surface area contributed by atoms with Gasteiger partial charge in [0.1, 0.15) is 11.6 Å². The first-order valence-corrected chi connectivity index (χ1v) is 10.4. The fraction of sp³-hybridized carbons (Fsp3) is 0.409. The van der Waals surface area contributed by atoms with E-state index in [1.54, 1.807) is 33.5 Å². The van der Waals surface area contributed by atoms with Gasteiger partial charge in [0.25, 0.3) is 0 Å². The number of rotatable bonds is 11. The van der Waals surface area contributed by atoms with Crippen LogP contribution < -0.4 is 19.5 Å². The quantitative estimate of drug-likeness (QED) is 0.300. The summed E-state index contributed by atoms with van der Waals surface area (Å²) in [5.41, 5.74) is 1.28. The molecule has 1 unspecified atom stereocenters. The van der Waals surface area contributed by atoms with Gasteiger partial charge in [-0.1, -0.05) is 28.5 Å². The van der Waals surface area contributed by atoms with E-state index in [-0.39, 0.29) is 20.5 Å². The fourth-order valence-corrected chi connectivity index (χ4v) is 4.98. The zero-order chi connectivity index (χ0) is 21.4. The van der Waals surface area contributed by atoms with Crippen LogP contribution in [0.4, 0.5) is 4.39 Å². The van der Waals surface area contributed by atoms with Gasteiger partial charge in [0.15, 0.2) is 24.6 Å². The van der Waals surface area contributed by atoms with E-state index in [1.807, 2.05) is 6.07 Å². The molecule has 0 bridgehead atoms. The maximum Gasteiger partial charge on any atom is 0.188 e. The Bertz CT molecular complexity index is 836. The minimum Gasteiger partial charge on any atom is -0.497 e. The van der Waals surface area contributed by atoms with Gasteiger partial charge in [0, 0.05) is 29.5 Å². The number of carbonyl (C=O) groups is 1. The van der Waals surface area contributed by atoms with Crippen LogP contribution in [0.15, 0.2) is 30.3 Å². The summed E-state index contributed by atoms with van der Waals surface area (Å²) in [6.45, 7) is 4.25. The van der Waals surface area contributed by atoms with Crippen molar-refractivity contribution in [3.8, 4) is 17.2 Å². The van der Waals surface area contributed by atoms with Crippen molar-refractivity contribution >= 4 is 20.2 Å². The van der Waals surface area contributed by atoms with E-state index in [1.165, 1.54) is 12.1 Å². The summed E-state index contributed by atoms with van der Waals surface area (Å²) >= 11 is 0. The molecule has 5 nitrogen and oxygen atoms in total. The molecular formula is C22H28FO5P. The van der Waals surface area contributed by atoms with Crippen LogP contribution in [-0.4, -0.2) is 34.4 Å². The second kappa shape index (κ2) is 10.6. The molecule has 2 rings (SSSR count). The van der Waals surface area contributed by atoms with E-state index < -0.39 is 5.82 Å². The molecule has 0 fully saturated rings.